The Balaban J connectivity index is 1.65. The molecular weight excluding hydrogens is 386 g/mol. The summed E-state index contributed by atoms with van der Waals surface area (Å²) in [4.78, 5) is 28.1. The molecule has 1 aromatic carbocycles. The number of fused-ring (bicyclic) bond motifs is 3. The number of aromatic nitrogens is 2. The lowest BCUT2D eigenvalue weighted by molar-refractivity contribution is -0.136. The summed E-state index contributed by atoms with van der Waals surface area (Å²) in [6, 6.07) is 6.11. The monoisotopic (exact) mass is 403 g/mol. The Morgan fingerprint density at radius 1 is 1.44 bits per heavy atom. The van der Waals surface area contributed by atoms with Crippen molar-refractivity contribution >= 4 is 46.5 Å². The Morgan fingerprint density at radius 3 is 3.07 bits per heavy atom. The van der Waals surface area contributed by atoms with Crippen LogP contribution < -0.4 is 5.32 Å². The average molecular weight is 403 g/mol. The fraction of sp³-hybridized carbons (Fsp3) is 0.278. The lowest BCUT2D eigenvalue weighted by Crippen LogP contribution is -2.20. The number of aryl methyl sites for hydroxylation is 1. The van der Waals surface area contributed by atoms with Gasteiger partial charge < -0.3 is 19.7 Å². The molecule has 1 aromatic heterocycles. The number of thioether (sulfide) groups is 2. The second-order valence-corrected chi connectivity index (χ2v) is 8.26. The van der Waals surface area contributed by atoms with Gasteiger partial charge in [0.15, 0.2) is 5.16 Å². The highest BCUT2D eigenvalue weighted by atomic mass is 32.2. The molecule has 0 saturated heterocycles. The summed E-state index contributed by atoms with van der Waals surface area (Å²) in [6.07, 6.45) is 2.00. The first kappa shape index (κ1) is 18.0. The van der Waals surface area contributed by atoms with Crippen LogP contribution in [-0.2, 0) is 27.3 Å². The predicted octanol–water partition coefficient (Wildman–Crippen LogP) is 2.37. The van der Waals surface area contributed by atoms with Crippen molar-refractivity contribution in [2.24, 2.45) is 0 Å². The van der Waals surface area contributed by atoms with E-state index in [0.29, 0.717) is 12.0 Å². The standard InChI is InChI=1S/C18H17N3O4S2/c1-25-17(24)11-8-19-13(16(22)23)9-27-15(11)7-10-2-3-12-14(6-10)21-4-5-26-18(21)20-12/h2-3,6,8-9,15,19H,4-5,7H2,1H3,(H,22,23). The first-order valence-electron chi connectivity index (χ1n) is 8.32. The molecule has 7 nitrogen and oxygen atoms in total. The number of nitrogens with one attached hydrogen (secondary N) is 1. The molecule has 140 valence electrons. The van der Waals surface area contributed by atoms with E-state index in [1.54, 1.807) is 11.8 Å². The molecule has 0 radical (unpaired) electrons. The number of rotatable bonds is 4. The number of nitrogens with zero attached hydrogens (tertiary/aromatic N) is 2. The second kappa shape index (κ2) is 7.32. The van der Waals surface area contributed by atoms with Crippen LogP contribution in [-0.4, -0.2) is 44.7 Å². The molecule has 1 unspecified atom stereocenters. The fourth-order valence-electron chi connectivity index (χ4n) is 3.13. The Kier molecular flexibility index (Phi) is 4.88. The number of methoxy groups -OCH3 is 1. The number of aliphatic carboxylic acids is 1. The van der Waals surface area contributed by atoms with E-state index in [-0.39, 0.29) is 10.9 Å². The van der Waals surface area contributed by atoms with Crippen molar-refractivity contribution in [2.45, 2.75) is 23.4 Å². The number of carboxylic acids is 1. The van der Waals surface area contributed by atoms with E-state index in [2.05, 4.69) is 20.9 Å². The van der Waals surface area contributed by atoms with Crippen LogP contribution in [0, 0.1) is 0 Å². The van der Waals surface area contributed by atoms with Crippen LogP contribution in [0.5, 0.6) is 0 Å². The normalized spacial score (nSPS) is 18.9. The summed E-state index contributed by atoms with van der Waals surface area (Å²) in [5.41, 5.74) is 3.55. The third kappa shape index (κ3) is 3.44. The molecule has 2 aliphatic rings. The predicted molar refractivity (Wildman–Crippen MR) is 104 cm³/mol. The minimum absolute atomic E-state index is 0.0324. The summed E-state index contributed by atoms with van der Waals surface area (Å²) >= 11 is 3.05. The molecule has 1 atom stereocenters. The van der Waals surface area contributed by atoms with E-state index in [1.165, 1.54) is 30.5 Å². The van der Waals surface area contributed by atoms with Crippen molar-refractivity contribution in [3.63, 3.8) is 0 Å². The smallest absolute Gasteiger partial charge is 0.352 e. The molecule has 0 saturated carbocycles. The van der Waals surface area contributed by atoms with Gasteiger partial charge in [0.25, 0.3) is 0 Å². The Labute approximate surface area is 163 Å². The fourth-order valence-corrected chi connectivity index (χ4v) is 5.16. The lowest BCUT2D eigenvalue weighted by Gasteiger charge is -2.16. The number of carboxylic acid groups (broad SMARTS) is 1. The minimum Gasteiger partial charge on any atom is -0.477 e. The van der Waals surface area contributed by atoms with Gasteiger partial charge in [0, 0.05) is 29.2 Å². The topological polar surface area (TPSA) is 93.4 Å². The zero-order valence-electron chi connectivity index (χ0n) is 14.5. The zero-order valence-corrected chi connectivity index (χ0v) is 16.1. The summed E-state index contributed by atoms with van der Waals surface area (Å²) in [5.74, 6) is -0.509. The van der Waals surface area contributed by atoms with E-state index in [0.717, 1.165) is 34.1 Å². The van der Waals surface area contributed by atoms with Crippen LogP contribution in [0.2, 0.25) is 0 Å². The van der Waals surface area contributed by atoms with Crippen molar-refractivity contribution in [3.8, 4) is 0 Å². The van der Waals surface area contributed by atoms with Crippen molar-refractivity contribution < 1.29 is 19.4 Å². The summed E-state index contributed by atoms with van der Waals surface area (Å²) < 4.78 is 7.09. The SMILES string of the molecule is COC(=O)C1=CNC(C(=O)O)=CSC1Cc1ccc2nc3n(c2c1)CCS3. The third-order valence-corrected chi connectivity index (χ3v) is 6.55. The average Bonchev–Trinajstić information content (AvgIpc) is 3.17. The molecule has 0 bridgehead atoms. The molecule has 2 aliphatic heterocycles. The third-order valence-electron chi connectivity index (χ3n) is 4.48. The zero-order chi connectivity index (χ0) is 19.0. The van der Waals surface area contributed by atoms with E-state index in [9.17, 15) is 14.7 Å². The van der Waals surface area contributed by atoms with Gasteiger partial charge in [-0.25, -0.2) is 14.6 Å². The van der Waals surface area contributed by atoms with Crippen LogP contribution in [0.4, 0.5) is 0 Å². The highest BCUT2D eigenvalue weighted by molar-refractivity contribution is 8.03. The van der Waals surface area contributed by atoms with Gasteiger partial charge in [-0.15, -0.1) is 11.8 Å². The first-order valence-corrected chi connectivity index (χ1v) is 10.3. The highest BCUT2D eigenvalue weighted by Gasteiger charge is 2.26. The molecule has 0 amide bonds. The number of benzene rings is 1. The largest absolute Gasteiger partial charge is 0.477 e. The minimum atomic E-state index is -1.07. The molecule has 9 heteroatoms. The Bertz CT molecular complexity index is 996. The van der Waals surface area contributed by atoms with E-state index in [1.807, 2.05) is 12.1 Å². The van der Waals surface area contributed by atoms with Crippen LogP contribution in [0.25, 0.3) is 11.0 Å². The molecule has 4 rings (SSSR count). The summed E-state index contributed by atoms with van der Waals surface area (Å²) in [7, 11) is 1.32. The van der Waals surface area contributed by atoms with Gasteiger partial charge in [0.2, 0.25) is 0 Å². The highest BCUT2D eigenvalue weighted by Crippen LogP contribution is 2.32. The number of carbonyl (C=O) groups is 2. The van der Waals surface area contributed by atoms with Crippen molar-refractivity contribution in [1.29, 1.82) is 0 Å². The molecule has 0 spiro atoms. The Morgan fingerprint density at radius 2 is 2.30 bits per heavy atom. The van der Waals surface area contributed by atoms with Gasteiger partial charge in [0.05, 0.1) is 23.7 Å². The maximum atomic E-state index is 12.2. The van der Waals surface area contributed by atoms with Crippen LogP contribution in [0.15, 0.2) is 46.2 Å². The van der Waals surface area contributed by atoms with Gasteiger partial charge >= 0.3 is 11.9 Å². The molecule has 2 N–H and O–H groups in total. The molecule has 0 fully saturated rings. The number of hydrogen-bond acceptors (Lipinski definition) is 7. The Hall–Kier alpha value is -2.39. The molecule has 27 heavy (non-hydrogen) atoms. The second-order valence-electron chi connectivity index (χ2n) is 6.12. The molecule has 2 aromatic rings. The number of esters is 1. The van der Waals surface area contributed by atoms with E-state index >= 15 is 0 Å². The van der Waals surface area contributed by atoms with Gasteiger partial charge in [0.1, 0.15) is 5.70 Å². The number of imidazole rings is 1. The number of hydrogen-bond donors (Lipinski definition) is 2. The summed E-state index contributed by atoms with van der Waals surface area (Å²) in [6.45, 7) is 0.945. The van der Waals surface area contributed by atoms with Crippen LogP contribution >= 0.6 is 23.5 Å². The quantitative estimate of drug-likeness (QED) is 0.752. The molecule has 0 aliphatic carbocycles. The van der Waals surface area contributed by atoms with Crippen LogP contribution in [0.1, 0.15) is 5.56 Å². The molecule has 3 heterocycles. The number of ether oxygens (including phenoxy) is 1. The lowest BCUT2D eigenvalue weighted by atomic mass is 10.0. The summed E-state index contributed by atoms with van der Waals surface area (Å²) in [5, 5.41) is 14.2. The number of carbonyl (C=O) groups excluding carboxylic acids is 1. The van der Waals surface area contributed by atoms with Crippen molar-refractivity contribution in [2.75, 3.05) is 12.9 Å². The van der Waals surface area contributed by atoms with E-state index in [4.69, 9.17) is 4.74 Å². The van der Waals surface area contributed by atoms with E-state index < -0.39 is 11.9 Å². The van der Waals surface area contributed by atoms with Gasteiger partial charge in [-0.3, -0.25) is 0 Å². The van der Waals surface area contributed by atoms with Crippen molar-refractivity contribution in [1.82, 2.24) is 14.9 Å². The maximum Gasteiger partial charge on any atom is 0.352 e. The van der Waals surface area contributed by atoms with Crippen molar-refractivity contribution in [3.05, 3.63) is 46.6 Å². The van der Waals surface area contributed by atoms with Gasteiger partial charge in [-0.05, 0) is 24.1 Å². The molecular formula is C18H17N3O4S2. The van der Waals surface area contributed by atoms with Crippen LogP contribution in [0.3, 0.4) is 0 Å². The van der Waals surface area contributed by atoms with Gasteiger partial charge in [-0.2, -0.15) is 0 Å². The first-order chi connectivity index (χ1) is 13.1. The maximum absolute atomic E-state index is 12.2. The van der Waals surface area contributed by atoms with Gasteiger partial charge in [-0.1, -0.05) is 17.8 Å².